The molecule has 0 rings (SSSR count). The molecule has 0 aliphatic heterocycles. The van der Waals surface area contributed by atoms with Crippen molar-refractivity contribution in [3.05, 3.63) is 12.7 Å². The zero-order chi connectivity index (χ0) is 11.2. The van der Waals surface area contributed by atoms with Crippen LogP contribution in [0.4, 0.5) is 0 Å². The summed E-state index contributed by atoms with van der Waals surface area (Å²) in [6, 6.07) is 0. The van der Waals surface area contributed by atoms with E-state index in [0.717, 1.165) is 0 Å². The molecule has 0 bridgehead atoms. The lowest BCUT2D eigenvalue weighted by Gasteiger charge is -2.15. The summed E-state index contributed by atoms with van der Waals surface area (Å²) in [6.07, 6.45) is 1.19. The molecule has 80 valence electrons. The van der Waals surface area contributed by atoms with Crippen molar-refractivity contribution in [3.8, 4) is 0 Å². The maximum Gasteiger partial charge on any atom is 0.243 e. The van der Waals surface area contributed by atoms with Crippen LogP contribution in [0.15, 0.2) is 12.7 Å². The Hall–Kier alpha value is -0.840. The predicted octanol–water partition coefficient (Wildman–Crippen LogP) is 0.578. The molecule has 0 aromatic carbocycles. The van der Waals surface area contributed by atoms with Crippen molar-refractivity contribution >= 4 is 27.7 Å². The summed E-state index contributed by atoms with van der Waals surface area (Å²) in [5.74, 6) is -0.345. The zero-order valence-electron chi connectivity index (χ0n) is 8.39. The van der Waals surface area contributed by atoms with Crippen LogP contribution in [0.3, 0.4) is 0 Å². The van der Waals surface area contributed by atoms with Crippen molar-refractivity contribution in [3.63, 3.8) is 0 Å². The van der Waals surface area contributed by atoms with Gasteiger partial charge in [0.15, 0.2) is 0 Å². The summed E-state index contributed by atoms with van der Waals surface area (Å²) in [7, 11) is 0. The van der Waals surface area contributed by atoms with Crippen LogP contribution in [-0.2, 0) is 9.59 Å². The molecule has 0 saturated heterocycles. The molecule has 0 heterocycles. The minimum absolute atomic E-state index is 0.106. The highest BCUT2D eigenvalue weighted by Gasteiger charge is 2.22. The Morgan fingerprint density at radius 2 is 1.86 bits per heavy atom. The lowest BCUT2D eigenvalue weighted by molar-refractivity contribution is -0.122. The molecule has 0 aromatic rings. The molecule has 0 saturated carbocycles. The number of carbonyl (C=O) groups is 2. The van der Waals surface area contributed by atoms with Crippen LogP contribution in [0, 0.1) is 0 Å². The maximum absolute atomic E-state index is 11.3. The minimum atomic E-state index is -0.574. The molecule has 0 radical (unpaired) electrons. The first-order valence-electron chi connectivity index (χ1n) is 4.25. The smallest absolute Gasteiger partial charge is 0.243 e. The summed E-state index contributed by atoms with van der Waals surface area (Å²) in [4.78, 5) is 22.0. The second-order valence-electron chi connectivity index (χ2n) is 3.22. The van der Waals surface area contributed by atoms with Gasteiger partial charge in [-0.15, -0.1) is 0 Å². The lowest BCUT2D eigenvalue weighted by atomic mass is 10.2. The number of halogens is 1. The molecule has 0 atom stereocenters. The first-order chi connectivity index (χ1) is 6.38. The SMILES string of the molecule is C=CC(=O)NCCNC(=O)C(C)(C)Br. The molecule has 0 fully saturated rings. The van der Waals surface area contributed by atoms with Gasteiger partial charge in [-0.2, -0.15) is 0 Å². The van der Waals surface area contributed by atoms with Gasteiger partial charge in [-0.25, -0.2) is 0 Å². The monoisotopic (exact) mass is 262 g/mol. The van der Waals surface area contributed by atoms with E-state index in [4.69, 9.17) is 0 Å². The van der Waals surface area contributed by atoms with Gasteiger partial charge in [-0.3, -0.25) is 9.59 Å². The molecule has 0 unspecified atom stereocenters. The first-order valence-corrected chi connectivity index (χ1v) is 5.04. The van der Waals surface area contributed by atoms with E-state index in [1.54, 1.807) is 13.8 Å². The third-order valence-electron chi connectivity index (χ3n) is 1.44. The highest BCUT2D eigenvalue weighted by atomic mass is 79.9. The van der Waals surface area contributed by atoms with E-state index in [1.165, 1.54) is 6.08 Å². The largest absolute Gasteiger partial charge is 0.353 e. The Balaban J connectivity index is 3.61. The van der Waals surface area contributed by atoms with E-state index in [2.05, 4.69) is 33.1 Å². The van der Waals surface area contributed by atoms with Crippen LogP contribution < -0.4 is 10.6 Å². The Morgan fingerprint density at radius 1 is 1.36 bits per heavy atom. The van der Waals surface area contributed by atoms with Crippen molar-refractivity contribution in [1.29, 1.82) is 0 Å². The molecule has 0 aliphatic rings. The van der Waals surface area contributed by atoms with E-state index in [0.29, 0.717) is 13.1 Å². The fourth-order valence-electron chi connectivity index (χ4n) is 0.644. The van der Waals surface area contributed by atoms with Crippen molar-refractivity contribution in [2.24, 2.45) is 0 Å². The van der Waals surface area contributed by atoms with Gasteiger partial charge >= 0.3 is 0 Å². The molecule has 2 amide bonds. The Morgan fingerprint density at radius 3 is 2.29 bits per heavy atom. The molecule has 5 heteroatoms. The molecule has 0 spiro atoms. The summed E-state index contributed by atoms with van der Waals surface area (Å²) < 4.78 is -0.574. The number of rotatable bonds is 5. The molecule has 0 aliphatic carbocycles. The van der Waals surface area contributed by atoms with Gasteiger partial charge in [0, 0.05) is 13.1 Å². The maximum atomic E-state index is 11.3. The highest BCUT2D eigenvalue weighted by molar-refractivity contribution is 9.10. The van der Waals surface area contributed by atoms with Crippen LogP contribution in [0.1, 0.15) is 13.8 Å². The number of hydrogen-bond acceptors (Lipinski definition) is 2. The molecular formula is C9H15BrN2O2. The van der Waals surface area contributed by atoms with Crippen LogP contribution in [0.2, 0.25) is 0 Å². The quantitative estimate of drug-likeness (QED) is 0.433. The van der Waals surface area contributed by atoms with Gasteiger partial charge in [-0.05, 0) is 19.9 Å². The summed E-state index contributed by atoms with van der Waals surface area (Å²) in [5.41, 5.74) is 0. The molecule has 4 nitrogen and oxygen atoms in total. The van der Waals surface area contributed by atoms with Gasteiger partial charge in [-0.1, -0.05) is 22.5 Å². The normalized spacial score (nSPS) is 10.5. The molecule has 14 heavy (non-hydrogen) atoms. The number of amides is 2. The number of alkyl halides is 1. The van der Waals surface area contributed by atoms with Crippen LogP contribution >= 0.6 is 15.9 Å². The van der Waals surface area contributed by atoms with Crippen molar-refractivity contribution in [1.82, 2.24) is 10.6 Å². The van der Waals surface area contributed by atoms with Crippen molar-refractivity contribution in [2.45, 2.75) is 18.2 Å². The second kappa shape index (κ2) is 5.80. The summed E-state index contributed by atoms with van der Waals surface area (Å²) in [5, 5.41) is 5.22. The van der Waals surface area contributed by atoms with Crippen molar-refractivity contribution < 1.29 is 9.59 Å². The Bertz CT molecular complexity index is 233. The zero-order valence-corrected chi connectivity index (χ0v) is 9.98. The Kier molecular flexibility index (Phi) is 5.45. The van der Waals surface area contributed by atoms with E-state index in [-0.39, 0.29) is 11.8 Å². The van der Waals surface area contributed by atoms with Crippen molar-refractivity contribution in [2.75, 3.05) is 13.1 Å². The van der Waals surface area contributed by atoms with E-state index >= 15 is 0 Å². The average Bonchev–Trinajstić information content (AvgIpc) is 2.09. The molecular weight excluding hydrogens is 248 g/mol. The number of carbonyl (C=O) groups excluding carboxylic acids is 2. The fraction of sp³-hybridized carbons (Fsp3) is 0.556. The fourth-order valence-corrected chi connectivity index (χ4v) is 0.784. The third-order valence-corrected chi connectivity index (χ3v) is 1.80. The molecule has 2 N–H and O–H groups in total. The third kappa shape index (κ3) is 5.75. The second-order valence-corrected chi connectivity index (χ2v) is 5.21. The first kappa shape index (κ1) is 13.2. The van der Waals surface area contributed by atoms with E-state index in [9.17, 15) is 9.59 Å². The Labute approximate surface area is 92.3 Å². The topological polar surface area (TPSA) is 58.2 Å². The van der Waals surface area contributed by atoms with E-state index in [1.807, 2.05) is 0 Å². The van der Waals surface area contributed by atoms with Gasteiger partial charge < -0.3 is 10.6 Å². The van der Waals surface area contributed by atoms with Crippen LogP contribution in [0.25, 0.3) is 0 Å². The van der Waals surface area contributed by atoms with Gasteiger partial charge in [0.2, 0.25) is 11.8 Å². The van der Waals surface area contributed by atoms with Gasteiger partial charge in [0.25, 0.3) is 0 Å². The van der Waals surface area contributed by atoms with Crippen LogP contribution in [0.5, 0.6) is 0 Å². The van der Waals surface area contributed by atoms with E-state index < -0.39 is 4.32 Å². The predicted molar refractivity (Wildman–Crippen MR) is 59.2 cm³/mol. The van der Waals surface area contributed by atoms with Gasteiger partial charge in [0.05, 0.1) is 4.32 Å². The van der Waals surface area contributed by atoms with Crippen LogP contribution in [-0.4, -0.2) is 29.2 Å². The number of hydrogen-bond donors (Lipinski definition) is 2. The number of nitrogens with one attached hydrogen (secondary N) is 2. The lowest BCUT2D eigenvalue weighted by Crippen LogP contribution is -2.41. The van der Waals surface area contributed by atoms with Gasteiger partial charge in [0.1, 0.15) is 0 Å². The minimum Gasteiger partial charge on any atom is -0.353 e. The summed E-state index contributed by atoms with van der Waals surface area (Å²) >= 11 is 3.22. The standard InChI is InChI=1S/C9H15BrN2O2/c1-4-7(13)11-5-6-12-8(14)9(2,3)10/h4H,1,5-6H2,2-3H3,(H,11,13)(H,12,14). The molecule has 0 aromatic heterocycles. The summed E-state index contributed by atoms with van der Waals surface area (Å²) in [6.45, 7) is 7.63. The highest BCUT2D eigenvalue weighted by Crippen LogP contribution is 2.14. The average molecular weight is 263 g/mol.